The number of nitrogens with one attached hydrogen (secondary N) is 2. The molecule has 0 fully saturated rings. The Morgan fingerprint density at radius 2 is 2.29 bits per heavy atom. The molecule has 0 amide bonds. The first-order chi connectivity index (χ1) is 8.17. The zero-order valence-corrected chi connectivity index (χ0v) is 12.0. The van der Waals surface area contributed by atoms with Crippen LogP contribution in [0.4, 0.5) is 0 Å². The molecule has 0 saturated carbocycles. The molecule has 0 saturated heterocycles. The van der Waals surface area contributed by atoms with Gasteiger partial charge in [0.15, 0.2) is 5.78 Å². The minimum Gasteiger partial charge on any atom is -0.360 e. The van der Waals surface area contributed by atoms with Crippen LogP contribution in [-0.4, -0.2) is 23.9 Å². The molecule has 3 nitrogen and oxygen atoms in total. The summed E-state index contributed by atoms with van der Waals surface area (Å²) in [6.45, 7) is 2.01. The first kappa shape index (κ1) is 12.6. The highest BCUT2D eigenvalue weighted by Crippen LogP contribution is 2.22. The largest absolute Gasteiger partial charge is 0.360 e. The van der Waals surface area contributed by atoms with Gasteiger partial charge in [-0.25, -0.2) is 0 Å². The van der Waals surface area contributed by atoms with Crippen LogP contribution in [0.1, 0.15) is 23.7 Å². The standard InChI is InChI=1S/C13H15IN2O/c1-3-11(15-2)13(17)10-7-16-12-5-4-8(14)6-9(10)12/h4-7,11,15-16H,3H2,1-2H3. The van der Waals surface area contributed by atoms with Gasteiger partial charge >= 0.3 is 0 Å². The second-order valence-corrected chi connectivity index (χ2v) is 5.25. The van der Waals surface area contributed by atoms with Crippen molar-refractivity contribution in [3.63, 3.8) is 0 Å². The van der Waals surface area contributed by atoms with Gasteiger partial charge in [-0.2, -0.15) is 0 Å². The van der Waals surface area contributed by atoms with Crippen LogP contribution in [0.15, 0.2) is 24.4 Å². The summed E-state index contributed by atoms with van der Waals surface area (Å²) in [5.41, 5.74) is 1.79. The average Bonchev–Trinajstić information content (AvgIpc) is 2.73. The van der Waals surface area contributed by atoms with E-state index in [4.69, 9.17) is 0 Å². The van der Waals surface area contributed by atoms with Crippen molar-refractivity contribution in [2.24, 2.45) is 0 Å². The van der Waals surface area contributed by atoms with Gasteiger partial charge < -0.3 is 10.3 Å². The van der Waals surface area contributed by atoms with Gasteiger partial charge in [-0.05, 0) is 54.3 Å². The molecule has 1 aromatic heterocycles. The van der Waals surface area contributed by atoms with Crippen molar-refractivity contribution in [1.29, 1.82) is 0 Å². The van der Waals surface area contributed by atoms with Crippen molar-refractivity contribution in [2.75, 3.05) is 7.05 Å². The molecule has 2 aromatic rings. The lowest BCUT2D eigenvalue weighted by Crippen LogP contribution is -2.33. The van der Waals surface area contributed by atoms with Crippen molar-refractivity contribution < 1.29 is 4.79 Å². The van der Waals surface area contributed by atoms with E-state index in [1.807, 2.05) is 38.4 Å². The van der Waals surface area contributed by atoms with Crippen molar-refractivity contribution in [1.82, 2.24) is 10.3 Å². The number of rotatable bonds is 4. The van der Waals surface area contributed by atoms with E-state index in [-0.39, 0.29) is 11.8 Å². The van der Waals surface area contributed by atoms with E-state index in [0.717, 1.165) is 26.5 Å². The molecule has 1 heterocycles. The van der Waals surface area contributed by atoms with E-state index in [1.165, 1.54) is 0 Å². The predicted molar refractivity (Wildman–Crippen MR) is 78.5 cm³/mol. The molecule has 0 aliphatic heterocycles. The summed E-state index contributed by atoms with van der Waals surface area (Å²) < 4.78 is 1.14. The van der Waals surface area contributed by atoms with Gasteiger partial charge in [-0.3, -0.25) is 4.79 Å². The normalized spacial score (nSPS) is 12.9. The Bertz CT molecular complexity index is 543. The molecule has 2 rings (SSSR count). The number of aromatic nitrogens is 1. The fourth-order valence-electron chi connectivity index (χ4n) is 2.01. The SMILES string of the molecule is CCC(NC)C(=O)c1c[nH]c2ccc(I)cc12. The van der Waals surface area contributed by atoms with Crippen LogP contribution in [0, 0.1) is 3.57 Å². The number of benzene rings is 1. The summed E-state index contributed by atoms with van der Waals surface area (Å²) >= 11 is 2.26. The summed E-state index contributed by atoms with van der Waals surface area (Å²) in [6, 6.07) is 5.98. The molecule has 1 atom stereocenters. The lowest BCUT2D eigenvalue weighted by atomic mass is 10.0. The Balaban J connectivity index is 2.48. The second-order valence-electron chi connectivity index (χ2n) is 4.01. The van der Waals surface area contributed by atoms with E-state index >= 15 is 0 Å². The number of hydrogen-bond acceptors (Lipinski definition) is 2. The summed E-state index contributed by atoms with van der Waals surface area (Å²) in [4.78, 5) is 15.5. The average molecular weight is 342 g/mol. The third-order valence-electron chi connectivity index (χ3n) is 2.98. The molecule has 0 spiro atoms. The lowest BCUT2D eigenvalue weighted by Gasteiger charge is -2.11. The highest BCUT2D eigenvalue weighted by Gasteiger charge is 2.19. The summed E-state index contributed by atoms with van der Waals surface area (Å²) in [7, 11) is 1.82. The molecular formula is C13H15IN2O. The number of Topliss-reactive ketones (excluding diaryl/α,β-unsaturated/α-hetero) is 1. The van der Waals surface area contributed by atoms with Crippen molar-refractivity contribution in [3.05, 3.63) is 33.5 Å². The zero-order valence-electron chi connectivity index (χ0n) is 9.88. The van der Waals surface area contributed by atoms with Gasteiger partial charge in [0, 0.05) is 26.2 Å². The quantitative estimate of drug-likeness (QED) is 0.663. The number of likely N-dealkylation sites (N-methyl/N-ethyl adjacent to an activating group) is 1. The third-order valence-corrected chi connectivity index (χ3v) is 3.65. The molecule has 17 heavy (non-hydrogen) atoms. The van der Waals surface area contributed by atoms with E-state index < -0.39 is 0 Å². The number of halogens is 1. The molecule has 90 valence electrons. The van der Waals surface area contributed by atoms with E-state index in [0.29, 0.717) is 0 Å². The maximum Gasteiger partial charge on any atom is 0.181 e. The van der Waals surface area contributed by atoms with Crippen molar-refractivity contribution >= 4 is 39.3 Å². The minimum absolute atomic E-state index is 0.105. The van der Waals surface area contributed by atoms with E-state index in [1.54, 1.807) is 0 Å². The van der Waals surface area contributed by atoms with Crippen LogP contribution in [0.5, 0.6) is 0 Å². The van der Waals surface area contributed by atoms with Gasteiger partial charge in [0.1, 0.15) is 0 Å². The number of carbonyl (C=O) groups is 1. The molecule has 0 aliphatic rings. The monoisotopic (exact) mass is 342 g/mol. The molecule has 4 heteroatoms. The molecule has 0 radical (unpaired) electrons. The smallest absolute Gasteiger partial charge is 0.181 e. The van der Waals surface area contributed by atoms with Gasteiger partial charge in [-0.1, -0.05) is 6.92 Å². The second kappa shape index (κ2) is 5.18. The van der Waals surface area contributed by atoms with E-state index in [9.17, 15) is 4.79 Å². The summed E-state index contributed by atoms with van der Waals surface area (Å²) in [5, 5.41) is 4.06. The first-order valence-corrected chi connectivity index (χ1v) is 6.73. The van der Waals surface area contributed by atoms with Crippen molar-refractivity contribution in [2.45, 2.75) is 19.4 Å². The lowest BCUT2D eigenvalue weighted by molar-refractivity contribution is 0.0946. The minimum atomic E-state index is -0.105. The Labute approximate surface area is 114 Å². The highest BCUT2D eigenvalue weighted by molar-refractivity contribution is 14.1. The Morgan fingerprint density at radius 1 is 1.53 bits per heavy atom. The number of aromatic amines is 1. The molecule has 0 bridgehead atoms. The molecule has 0 aliphatic carbocycles. The highest BCUT2D eigenvalue weighted by atomic mass is 127. The zero-order chi connectivity index (χ0) is 12.4. The van der Waals surface area contributed by atoms with Crippen LogP contribution in [0.25, 0.3) is 10.9 Å². The van der Waals surface area contributed by atoms with Crippen LogP contribution in [0.2, 0.25) is 0 Å². The number of fused-ring (bicyclic) bond motifs is 1. The Kier molecular flexibility index (Phi) is 3.83. The maximum atomic E-state index is 12.3. The fourth-order valence-corrected chi connectivity index (χ4v) is 2.50. The fraction of sp³-hybridized carbons (Fsp3) is 0.308. The first-order valence-electron chi connectivity index (χ1n) is 5.65. The number of carbonyl (C=O) groups excluding carboxylic acids is 1. The maximum absolute atomic E-state index is 12.3. The Hall–Kier alpha value is -0.880. The topological polar surface area (TPSA) is 44.9 Å². The predicted octanol–water partition coefficient (Wildman–Crippen LogP) is 2.95. The van der Waals surface area contributed by atoms with Crippen LogP contribution in [-0.2, 0) is 0 Å². The van der Waals surface area contributed by atoms with Crippen molar-refractivity contribution in [3.8, 4) is 0 Å². The van der Waals surface area contributed by atoms with Gasteiger partial charge in [-0.15, -0.1) is 0 Å². The third kappa shape index (κ3) is 2.37. The van der Waals surface area contributed by atoms with Crippen LogP contribution < -0.4 is 5.32 Å². The van der Waals surface area contributed by atoms with Gasteiger partial charge in [0.25, 0.3) is 0 Å². The van der Waals surface area contributed by atoms with E-state index in [2.05, 4.69) is 32.9 Å². The number of hydrogen-bond donors (Lipinski definition) is 2. The molecule has 1 unspecified atom stereocenters. The Morgan fingerprint density at radius 3 is 2.94 bits per heavy atom. The van der Waals surface area contributed by atoms with Gasteiger partial charge in [0.05, 0.1) is 6.04 Å². The number of ketones is 1. The molecule has 1 aromatic carbocycles. The van der Waals surface area contributed by atoms with Crippen LogP contribution >= 0.6 is 22.6 Å². The summed E-state index contributed by atoms with van der Waals surface area (Å²) in [6.07, 6.45) is 2.61. The van der Waals surface area contributed by atoms with Crippen LogP contribution in [0.3, 0.4) is 0 Å². The molecular weight excluding hydrogens is 327 g/mol. The molecule has 2 N–H and O–H groups in total. The van der Waals surface area contributed by atoms with Gasteiger partial charge in [0.2, 0.25) is 0 Å². The summed E-state index contributed by atoms with van der Waals surface area (Å²) in [5.74, 6) is 0.156. The number of H-pyrrole nitrogens is 1.